The van der Waals surface area contributed by atoms with Crippen LogP contribution in [-0.4, -0.2) is 10.9 Å². The van der Waals surface area contributed by atoms with Gasteiger partial charge >= 0.3 is 0 Å². The molecule has 1 N–H and O–H groups in total. The normalized spacial score (nSPS) is 10.8. The number of pyridine rings is 1. The number of carbonyl (C=O) groups excluding carboxylic acids is 1. The van der Waals surface area contributed by atoms with Crippen LogP contribution in [0.3, 0.4) is 0 Å². The molecule has 1 aromatic heterocycles. The van der Waals surface area contributed by atoms with Crippen LogP contribution in [0.15, 0.2) is 72.8 Å². The van der Waals surface area contributed by atoms with E-state index in [1.807, 2.05) is 36.4 Å². The second-order valence-corrected chi connectivity index (χ2v) is 6.83. The van der Waals surface area contributed by atoms with Crippen LogP contribution in [0, 0.1) is 19.7 Å². The summed E-state index contributed by atoms with van der Waals surface area (Å²) in [7, 11) is 0. The van der Waals surface area contributed by atoms with Gasteiger partial charge in [-0.05, 0) is 67.4 Å². The Bertz CT molecular complexity index is 1180. The molecule has 0 aliphatic rings. The summed E-state index contributed by atoms with van der Waals surface area (Å²) in [6, 6.07) is 21.2. The van der Waals surface area contributed by atoms with E-state index < -0.39 is 0 Å². The number of halogens is 1. The molecular formula is C24H19FN2O. The lowest BCUT2D eigenvalue weighted by molar-refractivity contribution is 0.102. The van der Waals surface area contributed by atoms with Gasteiger partial charge in [-0.1, -0.05) is 30.3 Å². The molecule has 0 radical (unpaired) electrons. The smallest absolute Gasteiger partial charge is 0.256 e. The van der Waals surface area contributed by atoms with Crippen LogP contribution in [0.5, 0.6) is 0 Å². The molecule has 0 spiro atoms. The van der Waals surface area contributed by atoms with Crippen molar-refractivity contribution in [3.8, 4) is 11.3 Å². The number of hydrogen-bond donors (Lipinski definition) is 1. The number of rotatable bonds is 3. The first-order valence-corrected chi connectivity index (χ1v) is 9.05. The minimum Gasteiger partial charge on any atom is -0.322 e. The fourth-order valence-corrected chi connectivity index (χ4v) is 3.14. The monoisotopic (exact) mass is 370 g/mol. The van der Waals surface area contributed by atoms with Gasteiger partial charge in [0.2, 0.25) is 0 Å². The van der Waals surface area contributed by atoms with Crippen molar-refractivity contribution in [3.05, 3.63) is 95.3 Å². The summed E-state index contributed by atoms with van der Waals surface area (Å²) in [6.07, 6.45) is 0. The van der Waals surface area contributed by atoms with Crippen LogP contribution in [0.2, 0.25) is 0 Å². The van der Waals surface area contributed by atoms with E-state index in [0.717, 1.165) is 22.2 Å². The maximum absolute atomic E-state index is 13.1. The first-order chi connectivity index (χ1) is 13.5. The minimum absolute atomic E-state index is 0.254. The predicted molar refractivity (Wildman–Crippen MR) is 111 cm³/mol. The zero-order valence-corrected chi connectivity index (χ0v) is 15.7. The lowest BCUT2D eigenvalue weighted by atomic mass is 10.0. The van der Waals surface area contributed by atoms with Crippen LogP contribution in [0.1, 0.15) is 21.5 Å². The summed E-state index contributed by atoms with van der Waals surface area (Å²) < 4.78 is 13.1. The Hall–Kier alpha value is -3.53. The van der Waals surface area contributed by atoms with Gasteiger partial charge in [-0.25, -0.2) is 9.37 Å². The summed E-state index contributed by atoms with van der Waals surface area (Å²) in [5, 5.41) is 3.62. The van der Waals surface area contributed by atoms with E-state index in [1.165, 1.54) is 23.3 Å². The molecule has 4 rings (SSSR count). The summed E-state index contributed by atoms with van der Waals surface area (Å²) in [5.74, 6) is -0.598. The number of hydrogen-bond acceptors (Lipinski definition) is 2. The molecule has 0 unspecified atom stereocenters. The van der Waals surface area contributed by atoms with E-state index in [-0.39, 0.29) is 11.7 Å². The number of nitrogens with one attached hydrogen (secondary N) is 1. The Morgan fingerprint density at radius 2 is 1.64 bits per heavy atom. The predicted octanol–water partition coefficient (Wildman–Crippen LogP) is 5.91. The average Bonchev–Trinajstić information content (AvgIpc) is 2.71. The molecule has 0 bridgehead atoms. The van der Waals surface area contributed by atoms with Crippen molar-refractivity contribution >= 4 is 22.5 Å². The van der Waals surface area contributed by atoms with E-state index in [9.17, 15) is 9.18 Å². The Balaban J connectivity index is 1.80. The summed E-state index contributed by atoms with van der Waals surface area (Å²) in [6.45, 7) is 4.12. The van der Waals surface area contributed by atoms with Gasteiger partial charge in [-0.2, -0.15) is 0 Å². The highest BCUT2D eigenvalue weighted by Gasteiger charge is 2.14. The number of benzene rings is 3. The molecule has 1 amide bonds. The summed E-state index contributed by atoms with van der Waals surface area (Å²) >= 11 is 0. The average molecular weight is 370 g/mol. The second kappa shape index (κ2) is 7.24. The zero-order valence-electron chi connectivity index (χ0n) is 15.7. The lowest BCUT2D eigenvalue weighted by Gasteiger charge is -2.11. The number of aromatic nitrogens is 1. The van der Waals surface area contributed by atoms with Crippen molar-refractivity contribution in [2.24, 2.45) is 0 Å². The first kappa shape index (κ1) is 17.9. The molecule has 28 heavy (non-hydrogen) atoms. The quantitative estimate of drug-likeness (QED) is 0.487. The number of aryl methyl sites for hydroxylation is 2. The zero-order chi connectivity index (χ0) is 19.7. The van der Waals surface area contributed by atoms with E-state index in [0.29, 0.717) is 11.3 Å². The van der Waals surface area contributed by atoms with Gasteiger partial charge in [0, 0.05) is 16.6 Å². The third-order valence-electron chi connectivity index (χ3n) is 4.87. The number of anilines is 1. The molecule has 0 aliphatic heterocycles. The summed E-state index contributed by atoms with van der Waals surface area (Å²) in [4.78, 5) is 17.7. The van der Waals surface area contributed by atoms with Gasteiger partial charge in [0.05, 0.1) is 16.8 Å². The van der Waals surface area contributed by atoms with Gasteiger partial charge in [-0.15, -0.1) is 0 Å². The van der Waals surface area contributed by atoms with Crippen LogP contribution >= 0.6 is 0 Å². The number of para-hydroxylation sites is 1. The highest BCUT2D eigenvalue weighted by molar-refractivity contribution is 6.13. The van der Waals surface area contributed by atoms with Crippen LogP contribution in [0.25, 0.3) is 22.2 Å². The highest BCUT2D eigenvalue weighted by Crippen LogP contribution is 2.27. The topological polar surface area (TPSA) is 42.0 Å². The second-order valence-electron chi connectivity index (χ2n) is 6.83. The SMILES string of the molecule is Cc1ccc(-c2cc(C(=O)Nc3ccc(F)cc3)c3ccccc3n2)cc1C. The van der Waals surface area contributed by atoms with Crippen molar-refractivity contribution in [1.29, 1.82) is 0 Å². The van der Waals surface area contributed by atoms with Crippen molar-refractivity contribution in [2.75, 3.05) is 5.32 Å². The van der Waals surface area contributed by atoms with Crippen molar-refractivity contribution in [1.82, 2.24) is 4.98 Å². The van der Waals surface area contributed by atoms with Crippen LogP contribution < -0.4 is 5.32 Å². The largest absolute Gasteiger partial charge is 0.322 e. The Kier molecular flexibility index (Phi) is 4.62. The number of amides is 1. The van der Waals surface area contributed by atoms with Gasteiger partial charge in [-0.3, -0.25) is 4.79 Å². The molecule has 1 heterocycles. The number of carbonyl (C=O) groups is 1. The van der Waals surface area contributed by atoms with E-state index in [2.05, 4.69) is 31.3 Å². The van der Waals surface area contributed by atoms with Crippen LogP contribution in [-0.2, 0) is 0 Å². The molecule has 0 atom stereocenters. The van der Waals surface area contributed by atoms with Crippen molar-refractivity contribution in [3.63, 3.8) is 0 Å². The molecule has 138 valence electrons. The van der Waals surface area contributed by atoms with Gasteiger partial charge in [0.15, 0.2) is 0 Å². The van der Waals surface area contributed by atoms with Gasteiger partial charge < -0.3 is 5.32 Å². The molecule has 4 aromatic rings. The lowest BCUT2D eigenvalue weighted by Crippen LogP contribution is -2.13. The molecule has 0 aliphatic carbocycles. The molecule has 0 saturated heterocycles. The van der Waals surface area contributed by atoms with E-state index >= 15 is 0 Å². The maximum Gasteiger partial charge on any atom is 0.256 e. The molecule has 4 heteroatoms. The first-order valence-electron chi connectivity index (χ1n) is 9.05. The summed E-state index contributed by atoms with van der Waals surface area (Å²) in [5.41, 5.74) is 5.91. The van der Waals surface area contributed by atoms with Crippen LogP contribution in [0.4, 0.5) is 10.1 Å². The Morgan fingerprint density at radius 3 is 2.39 bits per heavy atom. The van der Waals surface area contributed by atoms with Crippen molar-refractivity contribution < 1.29 is 9.18 Å². The number of nitrogens with zero attached hydrogens (tertiary/aromatic N) is 1. The van der Waals surface area contributed by atoms with Gasteiger partial charge in [0.25, 0.3) is 5.91 Å². The maximum atomic E-state index is 13.1. The molecule has 0 fully saturated rings. The van der Waals surface area contributed by atoms with Crippen molar-refractivity contribution in [2.45, 2.75) is 13.8 Å². The van der Waals surface area contributed by atoms with Gasteiger partial charge in [0.1, 0.15) is 5.82 Å². The Labute approximate surface area is 162 Å². The highest BCUT2D eigenvalue weighted by atomic mass is 19.1. The molecular weight excluding hydrogens is 351 g/mol. The van der Waals surface area contributed by atoms with E-state index in [1.54, 1.807) is 12.1 Å². The minimum atomic E-state index is -0.343. The fourth-order valence-electron chi connectivity index (χ4n) is 3.14. The Morgan fingerprint density at radius 1 is 0.893 bits per heavy atom. The number of fused-ring (bicyclic) bond motifs is 1. The third-order valence-corrected chi connectivity index (χ3v) is 4.87. The van der Waals surface area contributed by atoms with E-state index in [4.69, 9.17) is 4.98 Å². The molecule has 0 saturated carbocycles. The molecule has 3 nitrogen and oxygen atoms in total. The third kappa shape index (κ3) is 3.49. The molecule has 3 aromatic carbocycles. The fraction of sp³-hybridized carbons (Fsp3) is 0.0833. The standard InChI is InChI=1S/C24H19FN2O/c1-15-7-8-17(13-16(15)2)23-14-21(20-5-3-4-6-22(20)27-23)24(28)26-19-11-9-18(25)10-12-19/h3-14H,1-2H3,(H,26,28).